The summed E-state index contributed by atoms with van der Waals surface area (Å²) >= 11 is 0. The molecule has 0 saturated carbocycles. The highest BCUT2D eigenvalue weighted by molar-refractivity contribution is 5.85. The Kier molecular flexibility index (Phi) is 4.45. The van der Waals surface area contributed by atoms with Crippen molar-refractivity contribution in [1.29, 1.82) is 0 Å². The molecule has 0 radical (unpaired) electrons. The molecule has 1 aromatic carbocycles. The lowest BCUT2D eigenvalue weighted by Gasteiger charge is -2.12. The third kappa shape index (κ3) is 3.02. The Morgan fingerprint density at radius 1 is 1.30 bits per heavy atom. The number of hydrogen-bond donors (Lipinski definition) is 2. The van der Waals surface area contributed by atoms with Gasteiger partial charge in [-0.25, -0.2) is 4.79 Å². The largest absolute Gasteiger partial charge is 0.507 e. The van der Waals surface area contributed by atoms with Gasteiger partial charge in [-0.2, -0.15) is 0 Å². The number of hydrogen-bond acceptors (Lipinski definition) is 3. The molecule has 0 atom stereocenters. The van der Waals surface area contributed by atoms with E-state index in [9.17, 15) is 9.90 Å². The van der Waals surface area contributed by atoms with E-state index in [-0.39, 0.29) is 11.4 Å². The van der Waals surface area contributed by atoms with Gasteiger partial charge in [0.25, 0.3) is 0 Å². The van der Waals surface area contributed by atoms with E-state index < -0.39 is 0 Å². The van der Waals surface area contributed by atoms with Crippen molar-refractivity contribution in [2.24, 2.45) is 0 Å². The second kappa shape index (κ2) is 6.09. The summed E-state index contributed by atoms with van der Waals surface area (Å²) < 4.78 is 5.37. The van der Waals surface area contributed by atoms with Crippen LogP contribution in [0.2, 0.25) is 0 Å². The summed E-state index contributed by atoms with van der Waals surface area (Å²) in [6, 6.07) is 5.10. The zero-order chi connectivity index (χ0) is 14.7. The molecule has 0 aliphatic carbocycles. The fraction of sp³-hybridized carbons (Fsp3) is 0.438. The molecule has 4 nitrogen and oxygen atoms in total. The molecule has 20 heavy (non-hydrogen) atoms. The van der Waals surface area contributed by atoms with Gasteiger partial charge in [-0.3, -0.25) is 0 Å². The fourth-order valence-corrected chi connectivity index (χ4v) is 2.44. The SMILES string of the molecule is CCCCc1cc(=O)oc2c(C[NH+](C)C)c(O)ccc12. The first-order valence-corrected chi connectivity index (χ1v) is 7.09. The number of phenolic OH excluding ortho intramolecular Hbond substituents is 1. The first-order chi connectivity index (χ1) is 9.52. The van der Waals surface area contributed by atoms with Gasteiger partial charge >= 0.3 is 5.63 Å². The topological polar surface area (TPSA) is 54.9 Å². The Hall–Kier alpha value is -1.81. The number of phenols is 1. The van der Waals surface area contributed by atoms with Crippen LogP contribution in [0.5, 0.6) is 5.75 Å². The number of benzene rings is 1. The van der Waals surface area contributed by atoms with Crippen LogP contribution in [-0.4, -0.2) is 19.2 Å². The Bertz CT molecular complexity index is 659. The number of quaternary nitrogens is 1. The van der Waals surface area contributed by atoms with Crippen LogP contribution in [-0.2, 0) is 13.0 Å². The summed E-state index contributed by atoms with van der Waals surface area (Å²) in [5, 5.41) is 11.0. The van der Waals surface area contributed by atoms with Gasteiger partial charge in [0, 0.05) is 11.5 Å². The molecule has 0 unspecified atom stereocenters. The van der Waals surface area contributed by atoms with Crippen LogP contribution in [0.3, 0.4) is 0 Å². The molecule has 0 aliphatic heterocycles. The molecule has 0 spiro atoms. The third-order valence-electron chi connectivity index (χ3n) is 3.41. The third-order valence-corrected chi connectivity index (χ3v) is 3.41. The normalized spacial score (nSPS) is 11.4. The van der Waals surface area contributed by atoms with Crippen molar-refractivity contribution in [3.8, 4) is 5.75 Å². The molecular formula is C16H22NO3+. The number of rotatable bonds is 5. The van der Waals surface area contributed by atoms with E-state index in [1.54, 1.807) is 12.1 Å². The zero-order valence-corrected chi connectivity index (χ0v) is 12.3. The maximum Gasteiger partial charge on any atom is 0.336 e. The van der Waals surface area contributed by atoms with Gasteiger partial charge < -0.3 is 14.4 Å². The lowest BCUT2D eigenvalue weighted by Crippen LogP contribution is -3.04. The van der Waals surface area contributed by atoms with E-state index in [0.717, 1.165) is 35.1 Å². The summed E-state index contributed by atoms with van der Waals surface area (Å²) in [7, 11) is 3.99. The number of fused-ring (bicyclic) bond motifs is 1. The monoisotopic (exact) mass is 276 g/mol. The van der Waals surface area contributed by atoms with Crippen LogP contribution in [0.4, 0.5) is 0 Å². The van der Waals surface area contributed by atoms with Crippen molar-refractivity contribution < 1.29 is 14.4 Å². The molecule has 2 N–H and O–H groups in total. The molecule has 1 heterocycles. The van der Waals surface area contributed by atoms with E-state index in [2.05, 4.69) is 6.92 Å². The Balaban J connectivity index is 2.64. The standard InChI is InChI=1S/C16H21NO3/c1-4-5-6-11-9-15(19)20-16-12(11)7-8-14(18)13(16)10-17(2)3/h7-9,18H,4-6,10H2,1-3H3/p+1. The lowest BCUT2D eigenvalue weighted by atomic mass is 10.0. The van der Waals surface area contributed by atoms with Crippen molar-refractivity contribution in [2.45, 2.75) is 32.7 Å². The van der Waals surface area contributed by atoms with Crippen molar-refractivity contribution in [3.63, 3.8) is 0 Å². The molecule has 0 aliphatic rings. The maximum atomic E-state index is 11.8. The van der Waals surface area contributed by atoms with Gasteiger partial charge in [0.2, 0.25) is 0 Å². The number of aryl methyl sites for hydroxylation is 1. The number of nitrogens with one attached hydrogen (secondary N) is 1. The van der Waals surface area contributed by atoms with Gasteiger partial charge in [-0.15, -0.1) is 0 Å². The Morgan fingerprint density at radius 2 is 2.05 bits per heavy atom. The zero-order valence-electron chi connectivity index (χ0n) is 12.3. The minimum absolute atomic E-state index is 0.189. The average Bonchev–Trinajstić information content (AvgIpc) is 2.39. The number of aromatic hydroxyl groups is 1. The molecule has 0 fully saturated rings. The average molecular weight is 276 g/mol. The Morgan fingerprint density at radius 3 is 2.70 bits per heavy atom. The highest BCUT2D eigenvalue weighted by Gasteiger charge is 2.15. The van der Waals surface area contributed by atoms with Crippen molar-refractivity contribution in [3.05, 3.63) is 39.7 Å². The smallest absolute Gasteiger partial charge is 0.336 e. The minimum Gasteiger partial charge on any atom is -0.507 e. The van der Waals surface area contributed by atoms with Crippen molar-refractivity contribution in [1.82, 2.24) is 0 Å². The summed E-state index contributed by atoms with van der Waals surface area (Å²) in [6.07, 6.45) is 2.97. The molecule has 2 aromatic rings. The van der Waals surface area contributed by atoms with Gasteiger partial charge in [0.15, 0.2) is 5.58 Å². The predicted molar refractivity (Wildman–Crippen MR) is 79.3 cm³/mol. The molecule has 0 saturated heterocycles. The molecule has 0 bridgehead atoms. The first-order valence-electron chi connectivity index (χ1n) is 7.09. The van der Waals surface area contributed by atoms with Crippen LogP contribution < -0.4 is 10.5 Å². The van der Waals surface area contributed by atoms with Crippen LogP contribution >= 0.6 is 0 Å². The van der Waals surface area contributed by atoms with Crippen LogP contribution in [0.15, 0.2) is 27.4 Å². The van der Waals surface area contributed by atoms with E-state index in [1.165, 1.54) is 0 Å². The molecule has 4 heteroatoms. The van der Waals surface area contributed by atoms with Gasteiger partial charge in [-0.05, 0) is 30.5 Å². The van der Waals surface area contributed by atoms with Crippen LogP contribution in [0.1, 0.15) is 30.9 Å². The van der Waals surface area contributed by atoms with Crippen molar-refractivity contribution >= 4 is 11.0 Å². The lowest BCUT2D eigenvalue weighted by molar-refractivity contribution is -0.872. The van der Waals surface area contributed by atoms with E-state index in [1.807, 2.05) is 20.2 Å². The molecule has 2 rings (SSSR count). The summed E-state index contributed by atoms with van der Waals surface area (Å²) in [6.45, 7) is 2.74. The van der Waals surface area contributed by atoms with Gasteiger partial charge in [0.05, 0.1) is 19.7 Å². The fourth-order valence-electron chi connectivity index (χ4n) is 2.44. The van der Waals surface area contributed by atoms with Gasteiger partial charge in [0.1, 0.15) is 12.3 Å². The predicted octanol–water partition coefficient (Wildman–Crippen LogP) is 1.49. The summed E-state index contributed by atoms with van der Waals surface area (Å²) in [5.41, 5.74) is 1.90. The molecule has 108 valence electrons. The van der Waals surface area contributed by atoms with Crippen LogP contribution in [0, 0.1) is 0 Å². The van der Waals surface area contributed by atoms with E-state index in [0.29, 0.717) is 17.7 Å². The first kappa shape index (κ1) is 14.6. The molecule has 1 aromatic heterocycles. The quantitative estimate of drug-likeness (QED) is 0.813. The highest BCUT2D eigenvalue weighted by Crippen LogP contribution is 2.28. The highest BCUT2D eigenvalue weighted by atomic mass is 16.4. The summed E-state index contributed by atoms with van der Waals surface area (Å²) in [4.78, 5) is 12.9. The van der Waals surface area contributed by atoms with Crippen molar-refractivity contribution in [2.75, 3.05) is 14.1 Å². The second-order valence-corrected chi connectivity index (χ2v) is 5.52. The Labute approximate surface area is 118 Å². The molecular weight excluding hydrogens is 254 g/mol. The summed E-state index contributed by atoms with van der Waals surface area (Å²) in [5.74, 6) is 0.189. The maximum absolute atomic E-state index is 11.8. The minimum atomic E-state index is -0.343. The number of unbranched alkanes of at least 4 members (excludes halogenated alkanes) is 1. The molecule has 0 amide bonds. The van der Waals surface area contributed by atoms with Gasteiger partial charge in [-0.1, -0.05) is 13.3 Å². The van der Waals surface area contributed by atoms with E-state index in [4.69, 9.17) is 4.42 Å². The second-order valence-electron chi connectivity index (χ2n) is 5.52. The van der Waals surface area contributed by atoms with Crippen LogP contribution in [0.25, 0.3) is 11.0 Å². The van der Waals surface area contributed by atoms with E-state index >= 15 is 0 Å².